The van der Waals surface area contributed by atoms with Gasteiger partial charge in [0.25, 0.3) is 0 Å². The van der Waals surface area contributed by atoms with Gasteiger partial charge in [-0.25, -0.2) is 0 Å². The summed E-state index contributed by atoms with van der Waals surface area (Å²) in [4.78, 5) is 2.45. The summed E-state index contributed by atoms with van der Waals surface area (Å²) in [5, 5.41) is 9.81. The summed E-state index contributed by atoms with van der Waals surface area (Å²) >= 11 is 0. The van der Waals surface area contributed by atoms with Crippen LogP contribution < -0.4 is 10.6 Å². The lowest BCUT2D eigenvalue weighted by atomic mass is 9.98. The Morgan fingerprint density at radius 3 is 2.47 bits per heavy atom. The highest BCUT2D eigenvalue weighted by molar-refractivity contribution is 5.70. The van der Waals surface area contributed by atoms with Crippen LogP contribution in [0.4, 0.5) is 11.4 Å². The number of piperidine rings is 1. The van der Waals surface area contributed by atoms with Crippen molar-refractivity contribution in [3.05, 3.63) is 23.8 Å². The smallest absolute Gasteiger partial charge is 0.0605 e. The van der Waals surface area contributed by atoms with E-state index in [2.05, 4.69) is 24.0 Å². The van der Waals surface area contributed by atoms with Crippen molar-refractivity contribution in [2.45, 2.75) is 50.8 Å². The van der Waals surface area contributed by atoms with E-state index in [0.717, 1.165) is 24.2 Å². The Bertz CT molecular complexity index is 418. The Balaban J connectivity index is 1.94. The van der Waals surface area contributed by atoms with E-state index in [1.54, 1.807) is 0 Å². The third kappa shape index (κ3) is 1.78. The van der Waals surface area contributed by atoms with Gasteiger partial charge in [0.1, 0.15) is 0 Å². The molecular formula is C14H20N2O. The lowest BCUT2D eigenvalue weighted by Gasteiger charge is -2.39. The van der Waals surface area contributed by atoms with Crippen LogP contribution in [0, 0.1) is 6.92 Å². The van der Waals surface area contributed by atoms with Crippen LogP contribution in [-0.4, -0.2) is 23.3 Å². The molecule has 3 nitrogen and oxygen atoms in total. The minimum atomic E-state index is -0.115. The molecule has 2 bridgehead atoms. The number of aryl methyl sites for hydroxylation is 1. The topological polar surface area (TPSA) is 49.5 Å². The van der Waals surface area contributed by atoms with Crippen LogP contribution in [0.2, 0.25) is 0 Å². The van der Waals surface area contributed by atoms with Gasteiger partial charge in [-0.05, 0) is 50.3 Å². The second-order valence-electron chi connectivity index (χ2n) is 5.48. The Hall–Kier alpha value is -1.22. The zero-order chi connectivity index (χ0) is 12.0. The number of nitrogen functional groups attached to an aromatic ring is 1. The lowest BCUT2D eigenvalue weighted by molar-refractivity contribution is 0.126. The Morgan fingerprint density at radius 2 is 1.88 bits per heavy atom. The molecule has 0 radical (unpaired) electrons. The fraction of sp³-hybridized carbons (Fsp3) is 0.571. The minimum absolute atomic E-state index is 0.115. The molecule has 3 N–H and O–H groups in total. The zero-order valence-corrected chi connectivity index (χ0v) is 10.3. The Morgan fingerprint density at radius 1 is 1.24 bits per heavy atom. The molecule has 1 aromatic carbocycles. The number of anilines is 2. The maximum atomic E-state index is 9.81. The monoisotopic (exact) mass is 232 g/mol. The molecular weight excluding hydrogens is 212 g/mol. The van der Waals surface area contributed by atoms with E-state index in [1.807, 2.05) is 6.07 Å². The fourth-order valence-corrected chi connectivity index (χ4v) is 3.45. The van der Waals surface area contributed by atoms with Gasteiger partial charge in [-0.15, -0.1) is 0 Å². The first-order valence-corrected chi connectivity index (χ1v) is 6.47. The predicted molar refractivity (Wildman–Crippen MR) is 70.1 cm³/mol. The van der Waals surface area contributed by atoms with Gasteiger partial charge in [0.15, 0.2) is 0 Å². The molecule has 2 fully saturated rings. The number of rotatable bonds is 1. The summed E-state index contributed by atoms with van der Waals surface area (Å²) in [6.45, 7) is 2.06. The van der Waals surface area contributed by atoms with Gasteiger partial charge >= 0.3 is 0 Å². The molecule has 2 heterocycles. The van der Waals surface area contributed by atoms with Crippen LogP contribution in [0.3, 0.4) is 0 Å². The van der Waals surface area contributed by atoms with Crippen molar-refractivity contribution in [1.29, 1.82) is 0 Å². The summed E-state index contributed by atoms with van der Waals surface area (Å²) in [5.41, 5.74) is 9.37. The third-order valence-corrected chi connectivity index (χ3v) is 4.17. The highest BCUT2D eigenvalue weighted by Crippen LogP contribution is 2.41. The van der Waals surface area contributed by atoms with E-state index in [0.29, 0.717) is 12.1 Å². The van der Waals surface area contributed by atoms with Crippen LogP contribution in [0.1, 0.15) is 31.2 Å². The first-order chi connectivity index (χ1) is 8.15. The largest absolute Gasteiger partial charge is 0.397 e. The fourth-order valence-electron chi connectivity index (χ4n) is 3.45. The van der Waals surface area contributed by atoms with Gasteiger partial charge in [-0.1, -0.05) is 6.07 Å². The van der Waals surface area contributed by atoms with E-state index in [-0.39, 0.29) is 6.10 Å². The number of nitrogens with two attached hydrogens (primary N) is 1. The van der Waals surface area contributed by atoms with Crippen molar-refractivity contribution >= 4 is 11.4 Å². The minimum Gasteiger partial charge on any atom is -0.397 e. The average Bonchev–Trinajstić information content (AvgIpc) is 2.53. The van der Waals surface area contributed by atoms with Gasteiger partial charge in [-0.2, -0.15) is 0 Å². The van der Waals surface area contributed by atoms with Crippen LogP contribution in [0.15, 0.2) is 18.2 Å². The summed E-state index contributed by atoms with van der Waals surface area (Å²) in [7, 11) is 0. The molecule has 3 heteroatoms. The van der Waals surface area contributed by atoms with Crippen molar-refractivity contribution in [1.82, 2.24) is 0 Å². The SMILES string of the molecule is Cc1ccc(N2C3CCC2CC(O)C3)c(N)c1. The molecule has 0 aromatic heterocycles. The van der Waals surface area contributed by atoms with Gasteiger partial charge < -0.3 is 15.7 Å². The summed E-state index contributed by atoms with van der Waals surface area (Å²) < 4.78 is 0. The number of aliphatic hydroxyl groups excluding tert-OH is 1. The van der Waals surface area contributed by atoms with E-state index < -0.39 is 0 Å². The number of hydrogen-bond acceptors (Lipinski definition) is 3. The van der Waals surface area contributed by atoms with E-state index >= 15 is 0 Å². The number of benzene rings is 1. The molecule has 2 saturated heterocycles. The normalized spacial score (nSPS) is 31.9. The van der Waals surface area contributed by atoms with Crippen LogP contribution in [0.25, 0.3) is 0 Å². The highest BCUT2D eigenvalue weighted by Gasteiger charge is 2.40. The number of fused-ring (bicyclic) bond motifs is 2. The quantitative estimate of drug-likeness (QED) is 0.729. The first kappa shape index (κ1) is 10.9. The molecule has 2 aliphatic heterocycles. The summed E-state index contributed by atoms with van der Waals surface area (Å²) in [5.74, 6) is 0. The molecule has 1 aromatic rings. The Kier molecular flexibility index (Phi) is 2.51. The van der Waals surface area contributed by atoms with Crippen molar-refractivity contribution in [3.8, 4) is 0 Å². The lowest BCUT2D eigenvalue weighted by Crippen LogP contribution is -2.45. The van der Waals surface area contributed by atoms with E-state index in [9.17, 15) is 5.11 Å². The first-order valence-electron chi connectivity index (χ1n) is 6.47. The molecule has 92 valence electrons. The molecule has 2 aliphatic rings. The van der Waals surface area contributed by atoms with Gasteiger partial charge in [-0.3, -0.25) is 0 Å². The third-order valence-electron chi connectivity index (χ3n) is 4.17. The van der Waals surface area contributed by atoms with Gasteiger partial charge in [0.05, 0.1) is 17.5 Å². The molecule has 3 rings (SSSR count). The highest BCUT2D eigenvalue weighted by atomic mass is 16.3. The van der Waals surface area contributed by atoms with Crippen molar-refractivity contribution in [2.75, 3.05) is 10.6 Å². The number of hydrogen-bond donors (Lipinski definition) is 2. The van der Waals surface area contributed by atoms with Crippen LogP contribution in [-0.2, 0) is 0 Å². The maximum Gasteiger partial charge on any atom is 0.0605 e. The maximum absolute atomic E-state index is 9.81. The van der Waals surface area contributed by atoms with Gasteiger partial charge in [0.2, 0.25) is 0 Å². The number of nitrogens with zero attached hydrogens (tertiary/aromatic N) is 1. The molecule has 0 spiro atoms. The molecule has 2 unspecified atom stereocenters. The van der Waals surface area contributed by atoms with Crippen molar-refractivity contribution in [2.24, 2.45) is 0 Å². The zero-order valence-electron chi connectivity index (χ0n) is 10.3. The standard InChI is InChI=1S/C14H20N2O/c1-9-2-5-14(13(15)6-9)16-10-3-4-11(16)8-12(17)7-10/h2,5-6,10-12,17H,3-4,7-8,15H2,1H3. The molecule has 2 atom stereocenters. The summed E-state index contributed by atoms with van der Waals surface area (Å²) in [6.07, 6.45) is 4.05. The van der Waals surface area contributed by atoms with Crippen molar-refractivity contribution in [3.63, 3.8) is 0 Å². The second-order valence-corrected chi connectivity index (χ2v) is 5.48. The summed E-state index contributed by atoms with van der Waals surface area (Å²) in [6, 6.07) is 7.26. The van der Waals surface area contributed by atoms with Crippen LogP contribution in [0.5, 0.6) is 0 Å². The molecule has 0 saturated carbocycles. The van der Waals surface area contributed by atoms with E-state index in [1.165, 1.54) is 18.4 Å². The second kappa shape index (κ2) is 3.91. The van der Waals surface area contributed by atoms with Crippen LogP contribution >= 0.6 is 0 Å². The molecule has 0 aliphatic carbocycles. The predicted octanol–water partition coefficient (Wildman–Crippen LogP) is 2.07. The van der Waals surface area contributed by atoms with E-state index in [4.69, 9.17) is 5.73 Å². The number of aliphatic hydroxyl groups is 1. The average molecular weight is 232 g/mol. The Labute approximate surface area is 102 Å². The molecule has 0 amide bonds. The van der Waals surface area contributed by atoms with Crippen molar-refractivity contribution < 1.29 is 5.11 Å². The molecule has 17 heavy (non-hydrogen) atoms. The van der Waals surface area contributed by atoms with Gasteiger partial charge in [0, 0.05) is 12.1 Å².